The first-order chi connectivity index (χ1) is 20.9. The lowest BCUT2D eigenvalue weighted by molar-refractivity contribution is -0.123. The van der Waals surface area contributed by atoms with E-state index in [0.717, 1.165) is 50.3 Å². The van der Waals surface area contributed by atoms with Crippen LogP contribution in [0.3, 0.4) is 0 Å². The van der Waals surface area contributed by atoms with Gasteiger partial charge in [0.1, 0.15) is 12.4 Å². The van der Waals surface area contributed by atoms with Crippen molar-refractivity contribution >= 4 is 29.4 Å². The Balaban J connectivity index is 1.55. The molecule has 1 aliphatic heterocycles. The largest absolute Gasteiger partial charge is 0.350 e. The van der Waals surface area contributed by atoms with Gasteiger partial charge in [-0.1, -0.05) is 78.4 Å². The van der Waals surface area contributed by atoms with Crippen LogP contribution in [0.25, 0.3) is 16.9 Å². The molecule has 1 atom stereocenters. The predicted molar refractivity (Wildman–Crippen MR) is 172 cm³/mol. The first kappa shape index (κ1) is 28.4. The molecule has 6 rings (SSSR count). The fourth-order valence-electron chi connectivity index (χ4n) is 5.57. The van der Waals surface area contributed by atoms with Crippen LogP contribution in [-0.2, 0) is 16.1 Å². The summed E-state index contributed by atoms with van der Waals surface area (Å²) in [5.74, 6) is 0.470. The zero-order valence-electron chi connectivity index (χ0n) is 24.4. The van der Waals surface area contributed by atoms with Gasteiger partial charge in [0.15, 0.2) is 0 Å². The maximum absolute atomic E-state index is 14.0. The van der Waals surface area contributed by atoms with Gasteiger partial charge in [0.25, 0.3) is 0 Å². The second-order valence-corrected chi connectivity index (χ2v) is 11.9. The molecule has 3 heterocycles. The Hall–Kier alpha value is -4.69. The Bertz CT molecular complexity index is 1790. The summed E-state index contributed by atoms with van der Waals surface area (Å²) in [6, 6.07) is 28.3. The van der Waals surface area contributed by atoms with E-state index >= 15 is 0 Å². The van der Waals surface area contributed by atoms with E-state index in [9.17, 15) is 9.59 Å². The highest BCUT2D eigenvalue weighted by Crippen LogP contribution is 2.49. The molecular formula is C35H33N5O2S. The molecule has 0 saturated carbocycles. The molecule has 0 fully saturated rings. The number of nitrogens with one attached hydrogen (secondary N) is 1. The number of carbonyl (C=O) groups is 2. The van der Waals surface area contributed by atoms with Crippen molar-refractivity contribution < 1.29 is 9.59 Å². The molecule has 2 amide bonds. The Kier molecular flexibility index (Phi) is 8.11. The molecule has 0 saturated heterocycles. The molecule has 0 unspecified atom stereocenters. The lowest BCUT2D eigenvalue weighted by Crippen LogP contribution is -2.42. The standard InChI is InChI=1S/C35H33N5O2S/c1-23-15-16-29(25(3)18-23)40-35-32(33(38-40)27-12-5-4-6-13-27)34(28-14-8-7-10-24(28)2)43-22-31(42)39(35)21-30(41)37-20-26-11-9-17-36-19-26/h4-19,34H,20-22H2,1-3H3,(H,37,41)/t34-/m0/s1. The summed E-state index contributed by atoms with van der Waals surface area (Å²) >= 11 is 1.58. The minimum absolute atomic E-state index is 0.127. The molecule has 0 bridgehead atoms. The van der Waals surface area contributed by atoms with Gasteiger partial charge < -0.3 is 5.32 Å². The molecule has 8 heteroatoms. The predicted octanol–water partition coefficient (Wildman–Crippen LogP) is 6.35. The van der Waals surface area contributed by atoms with Crippen molar-refractivity contribution in [3.63, 3.8) is 0 Å². The highest BCUT2D eigenvalue weighted by molar-refractivity contribution is 8.00. The number of amides is 2. The third kappa shape index (κ3) is 5.83. The molecule has 0 radical (unpaired) electrons. The van der Waals surface area contributed by atoms with Crippen LogP contribution >= 0.6 is 11.8 Å². The molecule has 2 aromatic heterocycles. The van der Waals surface area contributed by atoms with Crippen molar-refractivity contribution in [2.45, 2.75) is 32.6 Å². The van der Waals surface area contributed by atoms with Crippen LogP contribution in [0.15, 0.2) is 97.3 Å². The molecule has 43 heavy (non-hydrogen) atoms. The Morgan fingerprint density at radius 1 is 0.953 bits per heavy atom. The Morgan fingerprint density at radius 2 is 1.74 bits per heavy atom. The number of benzene rings is 3. The molecule has 5 aromatic rings. The molecule has 1 N–H and O–H groups in total. The van der Waals surface area contributed by atoms with Crippen LogP contribution in [-0.4, -0.2) is 38.9 Å². The maximum atomic E-state index is 14.0. The molecule has 3 aromatic carbocycles. The molecule has 7 nitrogen and oxygen atoms in total. The average molecular weight is 588 g/mol. The van der Waals surface area contributed by atoms with Gasteiger partial charge >= 0.3 is 0 Å². The van der Waals surface area contributed by atoms with E-state index in [2.05, 4.69) is 55.3 Å². The number of nitrogens with zero attached hydrogens (tertiary/aromatic N) is 4. The van der Waals surface area contributed by atoms with Gasteiger partial charge in [-0.05, 0) is 55.2 Å². The van der Waals surface area contributed by atoms with E-state index in [1.165, 1.54) is 0 Å². The van der Waals surface area contributed by atoms with E-state index in [1.807, 2.05) is 65.3 Å². The summed E-state index contributed by atoms with van der Waals surface area (Å²) in [5.41, 5.74) is 8.87. The Morgan fingerprint density at radius 3 is 2.49 bits per heavy atom. The monoisotopic (exact) mass is 587 g/mol. The van der Waals surface area contributed by atoms with Crippen LogP contribution in [0.4, 0.5) is 5.82 Å². The van der Waals surface area contributed by atoms with Crippen molar-refractivity contribution in [1.82, 2.24) is 20.1 Å². The van der Waals surface area contributed by atoms with Crippen LogP contribution < -0.4 is 10.2 Å². The number of hydrogen-bond acceptors (Lipinski definition) is 5. The van der Waals surface area contributed by atoms with E-state index < -0.39 is 0 Å². The number of carbonyl (C=O) groups excluding carboxylic acids is 2. The summed E-state index contributed by atoms with van der Waals surface area (Å²) in [6.07, 6.45) is 3.42. The minimum Gasteiger partial charge on any atom is -0.350 e. The number of thioether (sulfide) groups is 1. The second kappa shape index (κ2) is 12.3. The van der Waals surface area contributed by atoms with Gasteiger partial charge in [-0.2, -0.15) is 5.10 Å². The van der Waals surface area contributed by atoms with Crippen LogP contribution in [0, 0.1) is 20.8 Å². The zero-order chi connectivity index (χ0) is 29.9. The summed E-state index contributed by atoms with van der Waals surface area (Å²) in [6.45, 7) is 6.41. The number of aryl methyl sites for hydroxylation is 3. The normalized spacial score (nSPS) is 14.7. The van der Waals surface area contributed by atoms with E-state index in [4.69, 9.17) is 5.10 Å². The van der Waals surface area contributed by atoms with E-state index in [1.54, 1.807) is 29.1 Å². The summed E-state index contributed by atoms with van der Waals surface area (Å²) < 4.78 is 1.87. The van der Waals surface area contributed by atoms with E-state index in [-0.39, 0.29) is 29.4 Å². The fraction of sp³-hybridized carbons (Fsp3) is 0.200. The number of anilines is 1. The lowest BCUT2D eigenvalue weighted by Gasteiger charge is -2.24. The van der Waals surface area contributed by atoms with Gasteiger partial charge in [-0.25, -0.2) is 4.68 Å². The summed E-state index contributed by atoms with van der Waals surface area (Å²) in [4.78, 5) is 33.2. The Labute approximate surface area is 256 Å². The van der Waals surface area contributed by atoms with Crippen molar-refractivity contribution in [1.29, 1.82) is 0 Å². The lowest BCUT2D eigenvalue weighted by atomic mass is 9.96. The van der Waals surface area contributed by atoms with Gasteiger partial charge in [0.2, 0.25) is 11.8 Å². The zero-order valence-corrected chi connectivity index (χ0v) is 25.3. The number of fused-ring (bicyclic) bond motifs is 1. The molecule has 1 aliphatic rings. The van der Waals surface area contributed by atoms with Crippen molar-refractivity contribution in [2.75, 3.05) is 17.2 Å². The van der Waals surface area contributed by atoms with Gasteiger partial charge in [-0.3, -0.25) is 19.5 Å². The van der Waals surface area contributed by atoms with Gasteiger partial charge in [0, 0.05) is 30.1 Å². The summed E-state index contributed by atoms with van der Waals surface area (Å²) in [5, 5.41) is 8.03. The third-order valence-corrected chi connectivity index (χ3v) is 8.94. The van der Waals surface area contributed by atoms with Crippen LogP contribution in [0.5, 0.6) is 0 Å². The van der Waals surface area contributed by atoms with Crippen molar-refractivity contribution in [2.24, 2.45) is 0 Å². The van der Waals surface area contributed by atoms with Gasteiger partial charge in [-0.15, -0.1) is 11.8 Å². The SMILES string of the molecule is Cc1ccc(-n2nc(-c3ccccc3)c3c2N(CC(=O)NCc2cccnc2)C(=O)CS[C@H]3c2ccccc2C)c(C)c1. The van der Waals surface area contributed by atoms with Crippen LogP contribution in [0.1, 0.15) is 38.6 Å². The molecule has 0 aliphatic carbocycles. The quantitative estimate of drug-likeness (QED) is 0.240. The third-order valence-electron chi connectivity index (χ3n) is 7.70. The second-order valence-electron chi connectivity index (χ2n) is 10.8. The summed E-state index contributed by atoms with van der Waals surface area (Å²) in [7, 11) is 0. The van der Waals surface area contributed by atoms with E-state index in [0.29, 0.717) is 12.4 Å². The maximum Gasteiger partial charge on any atom is 0.240 e. The number of aromatic nitrogens is 3. The minimum atomic E-state index is -0.253. The number of hydrogen-bond donors (Lipinski definition) is 1. The first-order valence-corrected chi connectivity index (χ1v) is 15.3. The number of rotatable bonds is 7. The first-order valence-electron chi connectivity index (χ1n) is 14.3. The van der Waals surface area contributed by atoms with Crippen LogP contribution in [0.2, 0.25) is 0 Å². The molecule has 0 spiro atoms. The molecular weight excluding hydrogens is 554 g/mol. The fourth-order valence-corrected chi connectivity index (χ4v) is 6.86. The highest BCUT2D eigenvalue weighted by atomic mass is 32.2. The van der Waals surface area contributed by atoms with Crippen molar-refractivity contribution in [3.8, 4) is 16.9 Å². The van der Waals surface area contributed by atoms with Crippen molar-refractivity contribution in [3.05, 3.63) is 131 Å². The molecule has 216 valence electrons. The number of pyridine rings is 1. The average Bonchev–Trinajstić information content (AvgIpc) is 3.34. The van der Waals surface area contributed by atoms with Gasteiger partial charge in [0.05, 0.1) is 22.4 Å². The topological polar surface area (TPSA) is 80.1 Å². The smallest absolute Gasteiger partial charge is 0.240 e. The highest BCUT2D eigenvalue weighted by Gasteiger charge is 2.38.